The monoisotopic (exact) mass is 262 g/mol. The van der Waals surface area contributed by atoms with Crippen LogP contribution in [0.4, 0.5) is 0 Å². The van der Waals surface area contributed by atoms with Gasteiger partial charge in [-0.1, -0.05) is 83.1 Å². The van der Waals surface area contributed by atoms with Gasteiger partial charge in [-0.2, -0.15) is 0 Å². The maximum Gasteiger partial charge on any atom is 0.0509 e. The normalized spacial score (nSPS) is 9.84. The van der Waals surface area contributed by atoms with E-state index in [2.05, 4.69) is 48.5 Å². The fourth-order valence-corrected chi connectivity index (χ4v) is 1.13. The minimum absolute atomic E-state index is 0.116. The predicted molar refractivity (Wildman–Crippen MR) is 88.6 cm³/mol. The van der Waals surface area contributed by atoms with Crippen LogP contribution in [-0.4, -0.2) is 11.2 Å². The third-order valence-electron chi connectivity index (χ3n) is 2.25. The molecule has 0 aromatic heterocycles. The van der Waals surface area contributed by atoms with Gasteiger partial charge in [0.15, 0.2) is 0 Å². The highest BCUT2D eigenvalue weighted by molar-refractivity contribution is 5.81. The van der Waals surface area contributed by atoms with Crippen LogP contribution in [0.3, 0.4) is 0 Å². The standard InChI is InChI=1S/C10H8.C4H10O.2C2H6/c1-2-6-10-8-4-3-7-9(10)5-1;1-3-4(2)5;2*1-2/h1-8H;4-5H,3H2,1-2H3;2*1-2H3. The van der Waals surface area contributed by atoms with Crippen molar-refractivity contribution < 1.29 is 5.11 Å². The van der Waals surface area contributed by atoms with Crippen molar-refractivity contribution in [3.05, 3.63) is 48.5 Å². The highest BCUT2D eigenvalue weighted by Crippen LogP contribution is 2.11. The number of fused-ring (bicyclic) bond motifs is 1. The predicted octanol–water partition coefficient (Wildman–Crippen LogP) is 5.67. The van der Waals surface area contributed by atoms with E-state index in [1.54, 1.807) is 6.92 Å². The fraction of sp³-hybridized carbons (Fsp3) is 0.444. The van der Waals surface area contributed by atoms with E-state index in [4.69, 9.17) is 5.11 Å². The molecule has 0 saturated carbocycles. The molecule has 0 heterocycles. The van der Waals surface area contributed by atoms with Gasteiger partial charge in [-0.25, -0.2) is 0 Å². The lowest BCUT2D eigenvalue weighted by molar-refractivity contribution is 0.191. The summed E-state index contributed by atoms with van der Waals surface area (Å²) in [5.74, 6) is 0. The zero-order valence-electron chi connectivity index (χ0n) is 13.4. The Bertz CT molecular complexity index is 328. The molecule has 2 rings (SSSR count). The van der Waals surface area contributed by atoms with Crippen molar-refractivity contribution in [2.45, 2.75) is 54.1 Å². The molecule has 0 aliphatic rings. The Labute approximate surface area is 119 Å². The summed E-state index contributed by atoms with van der Waals surface area (Å²) in [6.07, 6.45) is 0.745. The molecule has 19 heavy (non-hydrogen) atoms. The molecule has 2 aromatic rings. The van der Waals surface area contributed by atoms with Crippen molar-refractivity contribution in [3.63, 3.8) is 0 Å². The van der Waals surface area contributed by atoms with Crippen molar-refractivity contribution in [2.75, 3.05) is 0 Å². The molecular formula is C18H30O. The molecule has 1 nitrogen and oxygen atoms in total. The Hall–Kier alpha value is -1.34. The van der Waals surface area contributed by atoms with Crippen LogP contribution < -0.4 is 0 Å². The Morgan fingerprint density at radius 1 is 0.789 bits per heavy atom. The largest absolute Gasteiger partial charge is 0.393 e. The van der Waals surface area contributed by atoms with E-state index in [1.807, 2.05) is 34.6 Å². The summed E-state index contributed by atoms with van der Waals surface area (Å²) in [7, 11) is 0. The molecule has 0 radical (unpaired) electrons. The Kier molecular flexibility index (Phi) is 15.5. The molecule has 2 aromatic carbocycles. The van der Waals surface area contributed by atoms with Crippen LogP contribution in [0.15, 0.2) is 48.5 Å². The first kappa shape index (κ1) is 20.0. The lowest BCUT2D eigenvalue weighted by atomic mass is 10.1. The molecule has 1 atom stereocenters. The van der Waals surface area contributed by atoms with E-state index < -0.39 is 0 Å². The first-order valence-corrected chi connectivity index (χ1v) is 7.36. The van der Waals surface area contributed by atoms with Crippen LogP contribution in [0.5, 0.6) is 0 Å². The summed E-state index contributed by atoms with van der Waals surface area (Å²) in [6, 6.07) is 16.7. The molecule has 0 fully saturated rings. The molecule has 1 heteroatoms. The van der Waals surface area contributed by atoms with Crippen molar-refractivity contribution >= 4 is 10.8 Å². The Morgan fingerprint density at radius 2 is 1.00 bits per heavy atom. The topological polar surface area (TPSA) is 20.2 Å². The van der Waals surface area contributed by atoms with Gasteiger partial charge < -0.3 is 5.11 Å². The highest BCUT2D eigenvalue weighted by Gasteiger charge is 1.85. The summed E-state index contributed by atoms with van der Waals surface area (Å²) < 4.78 is 0. The molecule has 0 amide bonds. The Morgan fingerprint density at radius 3 is 1.16 bits per heavy atom. The van der Waals surface area contributed by atoms with Crippen LogP contribution in [0.1, 0.15) is 48.0 Å². The summed E-state index contributed by atoms with van der Waals surface area (Å²) >= 11 is 0. The average Bonchev–Trinajstić information content (AvgIpc) is 2.52. The van der Waals surface area contributed by atoms with Gasteiger partial charge in [0.25, 0.3) is 0 Å². The van der Waals surface area contributed by atoms with Crippen LogP contribution >= 0.6 is 0 Å². The Balaban J connectivity index is 0. The number of benzene rings is 2. The third-order valence-corrected chi connectivity index (χ3v) is 2.25. The van der Waals surface area contributed by atoms with Gasteiger partial charge in [-0.15, -0.1) is 0 Å². The molecule has 0 bridgehead atoms. The number of aliphatic hydroxyl groups is 1. The number of rotatable bonds is 1. The third kappa shape index (κ3) is 10.3. The smallest absolute Gasteiger partial charge is 0.0509 e. The second kappa shape index (κ2) is 14.7. The zero-order valence-corrected chi connectivity index (χ0v) is 13.4. The van der Waals surface area contributed by atoms with Gasteiger partial charge in [0.1, 0.15) is 0 Å². The van der Waals surface area contributed by atoms with Crippen molar-refractivity contribution in [1.29, 1.82) is 0 Å². The summed E-state index contributed by atoms with van der Waals surface area (Å²) in [5, 5.41) is 11.0. The molecular weight excluding hydrogens is 232 g/mol. The van der Waals surface area contributed by atoms with Gasteiger partial charge in [0, 0.05) is 0 Å². The van der Waals surface area contributed by atoms with Gasteiger partial charge in [-0.3, -0.25) is 0 Å². The van der Waals surface area contributed by atoms with Gasteiger partial charge in [-0.05, 0) is 24.1 Å². The minimum Gasteiger partial charge on any atom is -0.393 e. The number of hydrogen-bond donors (Lipinski definition) is 1. The maximum atomic E-state index is 8.36. The molecule has 1 N–H and O–H groups in total. The molecule has 0 aliphatic carbocycles. The summed E-state index contributed by atoms with van der Waals surface area (Å²) in [6.45, 7) is 11.7. The fourth-order valence-electron chi connectivity index (χ4n) is 1.13. The van der Waals surface area contributed by atoms with Gasteiger partial charge in [0.05, 0.1) is 6.10 Å². The van der Waals surface area contributed by atoms with Crippen LogP contribution in [0, 0.1) is 0 Å². The quantitative estimate of drug-likeness (QED) is 0.702. The summed E-state index contributed by atoms with van der Waals surface area (Å²) in [5.41, 5.74) is 0. The lowest BCUT2D eigenvalue weighted by Crippen LogP contribution is -1.93. The molecule has 108 valence electrons. The first-order chi connectivity index (χ1) is 9.24. The maximum absolute atomic E-state index is 8.36. The highest BCUT2D eigenvalue weighted by atomic mass is 16.3. The van der Waals surface area contributed by atoms with E-state index in [1.165, 1.54) is 10.8 Å². The number of aliphatic hydroxyl groups excluding tert-OH is 1. The second-order valence-electron chi connectivity index (χ2n) is 3.60. The minimum atomic E-state index is -0.116. The van der Waals surface area contributed by atoms with E-state index in [0.29, 0.717) is 0 Å². The second-order valence-corrected chi connectivity index (χ2v) is 3.60. The van der Waals surface area contributed by atoms with E-state index in [-0.39, 0.29) is 6.10 Å². The first-order valence-electron chi connectivity index (χ1n) is 7.36. The zero-order chi connectivity index (χ0) is 15.1. The molecule has 0 saturated heterocycles. The molecule has 1 unspecified atom stereocenters. The SMILES string of the molecule is CC.CC.CCC(C)O.c1ccc2ccccc2c1. The van der Waals surface area contributed by atoms with Crippen molar-refractivity contribution in [3.8, 4) is 0 Å². The van der Waals surface area contributed by atoms with Gasteiger partial charge >= 0.3 is 0 Å². The summed E-state index contributed by atoms with van der Waals surface area (Å²) in [4.78, 5) is 0. The average molecular weight is 262 g/mol. The van der Waals surface area contributed by atoms with Crippen LogP contribution in [0.25, 0.3) is 10.8 Å². The van der Waals surface area contributed by atoms with Crippen LogP contribution in [0.2, 0.25) is 0 Å². The lowest BCUT2D eigenvalue weighted by Gasteiger charge is -1.92. The molecule has 0 spiro atoms. The van der Waals surface area contributed by atoms with Crippen molar-refractivity contribution in [2.24, 2.45) is 0 Å². The van der Waals surface area contributed by atoms with E-state index in [0.717, 1.165) is 6.42 Å². The van der Waals surface area contributed by atoms with E-state index in [9.17, 15) is 0 Å². The number of hydrogen-bond acceptors (Lipinski definition) is 1. The molecule has 0 aliphatic heterocycles. The van der Waals surface area contributed by atoms with Crippen LogP contribution in [-0.2, 0) is 0 Å². The van der Waals surface area contributed by atoms with Crippen molar-refractivity contribution in [1.82, 2.24) is 0 Å². The van der Waals surface area contributed by atoms with E-state index >= 15 is 0 Å². The van der Waals surface area contributed by atoms with Gasteiger partial charge in [0.2, 0.25) is 0 Å².